The van der Waals surface area contributed by atoms with E-state index in [1.807, 2.05) is 0 Å². The van der Waals surface area contributed by atoms with Gasteiger partial charge in [-0.1, -0.05) is 29.8 Å². The van der Waals surface area contributed by atoms with Gasteiger partial charge >= 0.3 is 0 Å². The molecule has 0 aromatic heterocycles. The van der Waals surface area contributed by atoms with Gasteiger partial charge < -0.3 is 14.9 Å². The lowest BCUT2D eigenvalue weighted by Crippen LogP contribution is -2.63. The molecule has 2 aliphatic heterocycles. The molecule has 0 radical (unpaired) electrons. The Labute approximate surface area is 150 Å². The van der Waals surface area contributed by atoms with Gasteiger partial charge in [0.1, 0.15) is 0 Å². The summed E-state index contributed by atoms with van der Waals surface area (Å²) in [6.45, 7) is 4.95. The maximum atomic E-state index is 13.4. The minimum absolute atomic E-state index is 0.00957. The number of amides is 1. The zero-order chi connectivity index (χ0) is 17.7. The third-order valence-corrected chi connectivity index (χ3v) is 7.06. The molecule has 1 N–H and O–H groups in total. The van der Waals surface area contributed by atoms with Crippen LogP contribution in [0.25, 0.3) is 0 Å². The van der Waals surface area contributed by atoms with E-state index >= 15 is 0 Å². The quantitative estimate of drug-likeness (QED) is 0.917. The summed E-state index contributed by atoms with van der Waals surface area (Å²) in [5.41, 5.74) is 2.13. The van der Waals surface area contributed by atoms with Crippen LogP contribution in [0.3, 0.4) is 0 Å². The summed E-state index contributed by atoms with van der Waals surface area (Å²) in [6.07, 6.45) is 5.10. The molecule has 2 atom stereocenters. The average molecular weight is 342 g/mol. The minimum Gasteiger partial charge on any atom is -0.396 e. The van der Waals surface area contributed by atoms with Crippen LogP contribution >= 0.6 is 0 Å². The number of hydrogen-bond donors (Lipinski definition) is 1. The van der Waals surface area contributed by atoms with E-state index in [1.54, 1.807) is 0 Å². The molecule has 136 valence electrons. The number of likely N-dealkylation sites (N-methyl/N-ethyl adjacent to an activating group) is 1. The highest BCUT2D eigenvalue weighted by Gasteiger charge is 2.55. The molecule has 1 saturated carbocycles. The fourth-order valence-corrected chi connectivity index (χ4v) is 5.13. The number of aryl methyl sites for hydroxylation is 1. The molecule has 0 spiro atoms. The predicted molar refractivity (Wildman–Crippen MR) is 98.5 cm³/mol. The van der Waals surface area contributed by atoms with Crippen LogP contribution in [0, 0.1) is 12.3 Å². The van der Waals surface area contributed by atoms with Crippen molar-refractivity contribution in [3.8, 4) is 0 Å². The first-order valence-corrected chi connectivity index (χ1v) is 9.68. The first-order valence-electron chi connectivity index (χ1n) is 9.68. The Bertz CT molecular complexity index is 652. The standard InChI is InChI=1S/C21H30N2O2/c1-16-4-6-17(7-5-16)21(9-10-21)19(25)23-13-11-20(15-24)8-3-12-22(2)18(20)14-23/h4-7,18,24H,3,8-15H2,1-2H3/t18-,20-/m1/s1. The van der Waals surface area contributed by atoms with Crippen molar-refractivity contribution in [3.05, 3.63) is 35.4 Å². The number of likely N-dealkylation sites (tertiary alicyclic amines) is 2. The van der Waals surface area contributed by atoms with Gasteiger partial charge in [0.05, 0.1) is 12.0 Å². The fraction of sp³-hybridized carbons (Fsp3) is 0.667. The molecule has 0 unspecified atom stereocenters. The van der Waals surface area contributed by atoms with Crippen molar-refractivity contribution < 1.29 is 9.90 Å². The molecule has 1 aliphatic carbocycles. The summed E-state index contributed by atoms with van der Waals surface area (Å²) >= 11 is 0. The molecule has 4 nitrogen and oxygen atoms in total. The summed E-state index contributed by atoms with van der Waals surface area (Å²) in [6, 6.07) is 8.79. The molecule has 4 heteroatoms. The van der Waals surface area contributed by atoms with Gasteiger partial charge in [0, 0.05) is 24.5 Å². The zero-order valence-electron chi connectivity index (χ0n) is 15.5. The summed E-state index contributed by atoms with van der Waals surface area (Å²) in [5.74, 6) is 0.307. The Morgan fingerprint density at radius 2 is 1.88 bits per heavy atom. The van der Waals surface area contributed by atoms with Crippen molar-refractivity contribution in [2.75, 3.05) is 33.3 Å². The van der Waals surface area contributed by atoms with E-state index in [0.29, 0.717) is 5.91 Å². The van der Waals surface area contributed by atoms with Gasteiger partial charge in [-0.25, -0.2) is 0 Å². The first-order chi connectivity index (χ1) is 12.0. The molecule has 4 rings (SSSR count). The number of nitrogens with zero attached hydrogens (tertiary/aromatic N) is 2. The van der Waals surface area contributed by atoms with Crippen LogP contribution < -0.4 is 0 Å². The molecule has 3 fully saturated rings. The predicted octanol–water partition coefficient (Wildman–Crippen LogP) is 2.33. The van der Waals surface area contributed by atoms with E-state index in [9.17, 15) is 9.90 Å². The summed E-state index contributed by atoms with van der Waals surface area (Å²) in [4.78, 5) is 17.8. The lowest BCUT2D eigenvalue weighted by atomic mass is 9.69. The molecule has 25 heavy (non-hydrogen) atoms. The Hall–Kier alpha value is -1.39. The number of rotatable bonds is 3. The number of carbonyl (C=O) groups is 1. The van der Waals surface area contributed by atoms with E-state index in [4.69, 9.17) is 0 Å². The van der Waals surface area contributed by atoms with Crippen molar-refractivity contribution in [2.24, 2.45) is 5.41 Å². The number of aliphatic hydroxyl groups is 1. The smallest absolute Gasteiger partial charge is 0.233 e. The number of hydrogen-bond acceptors (Lipinski definition) is 3. The number of fused-ring (bicyclic) bond motifs is 1. The maximum Gasteiger partial charge on any atom is 0.233 e. The van der Waals surface area contributed by atoms with E-state index in [2.05, 4.69) is 48.0 Å². The largest absolute Gasteiger partial charge is 0.396 e. The van der Waals surface area contributed by atoms with Crippen LogP contribution in [-0.4, -0.2) is 60.1 Å². The monoisotopic (exact) mass is 342 g/mol. The second-order valence-corrected chi connectivity index (χ2v) is 8.57. The first kappa shape index (κ1) is 17.0. The van der Waals surface area contributed by atoms with Crippen LogP contribution in [0.4, 0.5) is 0 Å². The van der Waals surface area contributed by atoms with Crippen LogP contribution in [0.5, 0.6) is 0 Å². The van der Waals surface area contributed by atoms with E-state index in [0.717, 1.165) is 51.7 Å². The third-order valence-electron chi connectivity index (χ3n) is 7.06. The Morgan fingerprint density at radius 1 is 1.16 bits per heavy atom. The van der Waals surface area contributed by atoms with Gasteiger partial charge in [-0.2, -0.15) is 0 Å². The van der Waals surface area contributed by atoms with Crippen LogP contribution in [0.1, 0.15) is 43.2 Å². The highest BCUT2D eigenvalue weighted by molar-refractivity contribution is 5.91. The minimum atomic E-state index is -0.278. The normalized spacial score (nSPS) is 31.5. The maximum absolute atomic E-state index is 13.4. The highest BCUT2D eigenvalue weighted by Crippen LogP contribution is 2.51. The molecule has 1 aromatic carbocycles. The topological polar surface area (TPSA) is 43.8 Å². The van der Waals surface area contributed by atoms with Crippen molar-refractivity contribution in [1.29, 1.82) is 0 Å². The van der Waals surface area contributed by atoms with Crippen molar-refractivity contribution in [2.45, 2.75) is 50.5 Å². The van der Waals surface area contributed by atoms with Gasteiger partial charge in [-0.3, -0.25) is 4.79 Å². The summed E-state index contributed by atoms with van der Waals surface area (Å²) in [7, 11) is 2.15. The molecular formula is C21H30N2O2. The SMILES string of the molecule is Cc1ccc(C2(C(=O)N3CC[C@@]4(CO)CCCN(C)[C@@H]4C3)CC2)cc1. The molecule has 2 heterocycles. The summed E-state index contributed by atoms with van der Waals surface area (Å²) in [5, 5.41) is 10.1. The van der Waals surface area contributed by atoms with E-state index in [1.165, 1.54) is 11.1 Å². The number of carbonyl (C=O) groups excluding carboxylic acids is 1. The van der Waals surface area contributed by atoms with Crippen LogP contribution in [0.15, 0.2) is 24.3 Å². The molecule has 2 saturated heterocycles. The van der Waals surface area contributed by atoms with Gasteiger partial charge in [0.2, 0.25) is 5.91 Å². The lowest BCUT2D eigenvalue weighted by molar-refractivity contribution is -0.142. The van der Waals surface area contributed by atoms with Gasteiger partial charge in [0.15, 0.2) is 0 Å². The average Bonchev–Trinajstić information content (AvgIpc) is 3.43. The van der Waals surface area contributed by atoms with Gasteiger partial charge in [-0.15, -0.1) is 0 Å². The lowest BCUT2D eigenvalue weighted by Gasteiger charge is -2.54. The second kappa shape index (κ2) is 6.10. The zero-order valence-corrected chi connectivity index (χ0v) is 15.5. The Balaban J connectivity index is 1.55. The van der Waals surface area contributed by atoms with Crippen LogP contribution in [-0.2, 0) is 10.2 Å². The number of piperidine rings is 2. The second-order valence-electron chi connectivity index (χ2n) is 8.57. The summed E-state index contributed by atoms with van der Waals surface area (Å²) < 4.78 is 0. The van der Waals surface area contributed by atoms with Gasteiger partial charge in [-0.05, 0) is 58.2 Å². The van der Waals surface area contributed by atoms with Crippen molar-refractivity contribution in [3.63, 3.8) is 0 Å². The molecule has 0 bridgehead atoms. The third kappa shape index (κ3) is 2.70. The number of aliphatic hydroxyl groups excluding tert-OH is 1. The van der Waals surface area contributed by atoms with Crippen LogP contribution in [0.2, 0.25) is 0 Å². The molecular weight excluding hydrogens is 312 g/mol. The van der Waals surface area contributed by atoms with Crippen molar-refractivity contribution in [1.82, 2.24) is 9.80 Å². The molecule has 1 amide bonds. The van der Waals surface area contributed by atoms with E-state index < -0.39 is 0 Å². The molecule has 3 aliphatic rings. The Morgan fingerprint density at radius 3 is 2.52 bits per heavy atom. The fourth-order valence-electron chi connectivity index (χ4n) is 5.13. The molecule has 1 aromatic rings. The number of benzene rings is 1. The van der Waals surface area contributed by atoms with Gasteiger partial charge in [0.25, 0.3) is 0 Å². The Kier molecular flexibility index (Phi) is 4.16. The van der Waals surface area contributed by atoms with Crippen molar-refractivity contribution >= 4 is 5.91 Å². The highest BCUT2D eigenvalue weighted by atomic mass is 16.3. The van der Waals surface area contributed by atoms with E-state index in [-0.39, 0.29) is 23.5 Å².